The van der Waals surface area contributed by atoms with Crippen molar-refractivity contribution in [3.05, 3.63) is 34.9 Å². The maximum Gasteiger partial charge on any atom is 0.255 e. The van der Waals surface area contributed by atoms with E-state index in [0.717, 1.165) is 56.7 Å². The first-order valence-electron chi connectivity index (χ1n) is 11.5. The minimum Gasteiger partial charge on any atom is -0.336 e. The molecule has 0 aromatic heterocycles. The molecule has 170 valence electrons. The number of likely N-dealkylation sites (tertiary alicyclic amines) is 1. The highest BCUT2D eigenvalue weighted by molar-refractivity contribution is 6.05. The second-order valence-corrected chi connectivity index (χ2v) is 9.14. The van der Waals surface area contributed by atoms with Crippen LogP contribution in [-0.2, 0) is 27.5 Å². The first kappa shape index (κ1) is 21.1. The number of carbonyl (C=O) groups excluding carboxylic acids is 4. The van der Waals surface area contributed by atoms with Crippen molar-refractivity contribution in [2.24, 2.45) is 0 Å². The lowest BCUT2D eigenvalue weighted by molar-refractivity contribution is -0.137. The van der Waals surface area contributed by atoms with Gasteiger partial charge in [-0.05, 0) is 43.0 Å². The quantitative estimate of drug-likeness (QED) is 0.633. The fourth-order valence-electron chi connectivity index (χ4n) is 5.48. The van der Waals surface area contributed by atoms with Crippen LogP contribution in [0.5, 0.6) is 0 Å². The molecule has 0 spiro atoms. The van der Waals surface area contributed by atoms with E-state index in [9.17, 15) is 19.2 Å². The minimum atomic E-state index is -0.599. The summed E-state index contributed by atoms with van der Waals surface area (Å²) >= 11 is 0. The maximum atomic E-state index is 13.1. The summed E-state index contributed by atoms with van der Waals surface area (Å²) in [6.07, 6.45) is 2.69. The zero-order valence-electron chi connectivity index (χ0n) is 18.1. The molecule has 2 N–H and O–H groups in total. The molecule has 9 nitrogen and oxygen atoms in total. The lowest BCUT2D eigenvalue weighted by Gasteiger charge is -2.41. The number of piperazine rings is 1. The summed E-state index contributed by atoms with van der Waals surface area (Å²) in [5.41, 5.74) is 2.72. The first-order valence-corrected chi connectivity index (χ1v) is 11.5. The Hall–Kier alpha value is -2.78. The summed E-state index contributed by atoms with van der Waals surface area (Å²) < 4.78 is 0. The number of hydrogen-bond donors (Lipinski definition) is 2. The molecule has 4 heterocycles. The number of rotatable bonds is 4. The van der Waals surface area contributed by atoms with E-state index in [2.05, 4.69) is 21.6 Å². The van der Waals surface area contributed by atoms with Crippen molar-refractivity contribution in [2.45, 2.75) is 50.9 Å². The summed E-state index contributed by atoms with van der Waals surface area (Å²) in [5, 5.41) is 5.49. The molecular weight excluding hydrogens is 410 g/mol. The number of imide groups is 1. The number of fused-ring (bicyclic) bond motifs is 1. The molecule has 1 aromatic rings. The molecule has 2 atom stereocenters. The Kier molecular flexibility index (Phi) is 5.69. The lowest BCUT2D eigenvalue weighted by Crippen LogP contribution is -2.56. The molecular formula is C23H29N5O4. The van der Waals surface area contributed by atoms with Crippen LogP contribution in [0.3, 0.4) is 0 Å². The van der Waals surface area contributed by atoms with E-state index in [1.165, 1.54) is 0 Å². The van der Waals surface area contributed by atoms with Crippen molar-refractivity contribution in [3.8, 4) is 0 Å². The summed E-state index contributed by atoms with van der Waals surface area (Å²) in [6.45, 7) is 4.92. The number of carbonyl (C=O) groups is 4. The van der Waals surface area contributed by atoms with E-state index in [4.69, 9.17) is 0 Å². The average Bonchev–Trinajstić information content (AvgIpc) is 3.12. The second-order valence-electron chi connectivity index (χ2n) is 9.14. The third-order valence-corrected chi connectivity index (χ3v) is 7.12. The van der Waals surface area contributed by atoms with Crippen molar-refractivity contribution in [3.63, 3.8) is 0 Å². The van der Waals surface area contributed by atoms with Crippen molar-refractivity contribution >= 4 is 23.6 Å². The molecule has 0 aliphatic carbocycles. The Morgan fingerprint density at radius 1 is 1.03 bits per heavy atom. The van der Waals surface area contributed by atoms with Gasteiger partial charge in [-0.1, -0.05) is 12.1 Å². The van der Waals surface area contributed by atoms with Gasteiger partial charge < -0.3 is 15.1 Å². The highest BCUT2D eigenvalue weighted by Gasteiger charge is 2.40. The number of nitrogens with one attached hydrogen (secondary N) is 2. The third-order valence-electron chi connectivity index (χ3n) is 7.12. The standard InChI is InChI=1S/C23H29N5O4/c29-20-7-6-19(22(31)25-20)28-14-18-15(3-1-5-17(18)23(28)32)12-26-9-2-4-16(13-26)27-10-8-24-11-21(27)30/h1,3,5,16,19,24H,2,4,6-14H2,(H,25,29,31). The Bertz CT molecular complexity index is 964. The fraction of sp³-hybridized carbons (Fsp3) is 0.565. The molecule has 2 unspecified atom stereocenters. The van der Waals surface area contributed by atoms with E-state index >= 15 is 0 Å². The first-order chi connectivity index (χ1) is 15.5. The van der Waals surface area contributed by atoms with Gasteiger partial charge in [0.1, 0.15) is 6.04 Å². The molecule has 0 radical (unpaired) electrons. The predicted octanol–water partition coefficient (Wildman–Crippen LogP) is -0.156. The van der Waals surface area contributed by atoms with Crippen LogP contribution in [-0.4, -0.2) is 83.1 Å². The summed E-state index contributed by atoms with van der Waals surface area (Å²) in [4.78, 5) is 55.2. The van der Waals surface area contributed by atoms with E-state index < -0.39 is 6.04 Å². The van der Waals surface area contributed by atoms with Gasteiger partial charge >= 0.3 is 0 Å². The highest BCUT2D eigenvalue weighted by Crippen LogP contribution is 2.31. The van der Waals surface area contributed by atoms with Gasteiger partial charge in [-0.15, -0.1) is 0 Å². The van der Waals surface area contributed by atoms with Crippen LogP contribution in [0.2, 0.25) is 0 Å². The van der Waals surface area contributed by atoms with Crippen LogP contribution in [0.15, 0.2) is 18.2 Å². The molecule has 3 fully saturated rings. The number of hydrogen-bond acceptors (Lipinski definition) is 6. The smallest absolute Gasteiger partial charge is 0.255 e. The third kappa shape index (κ3) is 3.91. The fourth-order valence-corrected chi connectivity index (χ4v) is 5.48. The van der Waals surface area contributed by atoms with Crippen LogP contribution in [0, 0.1) is 0 Å². The van der Waals surface area contributed by atoms with Crippen LogP contribution in [0.25, 0.3) is 0 Å². The largest absolute Gasteiger partial charge is 0.336 e. The number of nitrogens with zero attached hydrogens (tertiary/aromatic N) is 3. The maximum absolute atomic E-state index is 13.1. The SMILES string of the molecule is O=C1CCC(N2Cc3c(CN4CCCC(N5CCNCC5=O)C4)cccc3C2=O)C(=O)N1. The molecule has 3 saturated heterocycles. The molecule has 0 saturated carbocycles. The molecule has 0 bridgehead atoms. The molecule has 5 rings (SSSR count). The van der Waals surface area contributed by atoms with E-state index in [1.807, 2.05) is 17.0 Å². The zero-order valence-corrected chi connectivity index (χ0v) is 18.1. The Labute approximate surface area is 187 Å². The predicted molar refractivity (Wildman–Crippen MR) is 115 cm³/mol. The topological polar surface area (TPSA) is 102 Å². The molecule has 32 heavy (non-hydrogen) atoms. The zero-order chi connectivity index (χ0) is 22.2. The summed E-state index contributed by atoms with van der Waals surface area (Å²) in [5.74, 6) is -0.629. The lowest BCUT2D eigenvalue weighted by atomic mass is 9.99. The number of piperidine rings is 2. The van der Waals surface area contributed by atoms with Crippen molar-refractivity contribution in [1.29, 1.82) is 0 Å². The second kappa shape index (κ2) is 8.63. The monoisotopic (exact) mass is 439 g/mol. The number of amides is 4. The van der Waals surface area contributed by atoms with Crippen molar-refractivity contribution in [1.82, 2.24) is 25.3 Å². The average molecular weight is 440 g/mol. The molecule has 9 heteroatoms. The molecule has 4 amide bonds. The number of benzene rings is 1. The van der Waals surface area contributed by atoms with Crippen LogP contribution in [0.1, 0.15) is 47.2 Å². The van der Waals surface area contributed by atoms with Gasteiger partial charge in [0, 0.05) is 50.7 Å². The van der Waals surface area contributed by atoms with Gasteiger partial charge in [0.15, 0.2) is 0 Å². The molecule has 4 aliphatic rings. The normalized spacial score (nSPS) is 27.0. The summed E-state index contributed by atoms with van der Waals surface area (Å²) in [6, 6.07) is 5.42. The van der Waals surface area contributed by atoms with E-state index in [0.29, 0.717) is 25.1 Å². The van der Waals surface area contributed by atoms with Crippen LogP contribution >= 0.6 is 0 Å². The highest BCUT2D eigenvalue weighted by atomic mass is 16.2. The van der Waals surface area contributed by atoms with Crippen molar-refractivity contribution in [2.75, 3.05) is 32.7 Å². The summed E-state index contributed by atoms with van der Waals surface area (Å²) in [7, 11) is 0. The minimum absolute atomic E-state index is 0.140. The van der Waals surface area contributed by atoms with Gasteiger partial charge in [0.25, 0.3) is 5.91 Å². The Morgan fingerprint density at radius 3 is 2.72 bits per heavy atom. The van der Waals surface area contributed by atoms with Gasteiger partial charge in [-0.25, -0.2) is 0 Å². The van der Waals surface area contributed by atoms with Crippen LogP contribution < -0.4 is 10.6 Å². The van der Waals surface area contributed by atoms with Gasteiger partial charge in [-0.3, -0.25) is 29.4 Å². The van der Waals surface area contributed by atoms with E-state index in [1.54, 1.807) is 4.90 Å². The van der Waals surface area contributed by atoms with Gasteiger partial charge in [0.2, 0.25) is 17.7 Å². The Balaban J connectivity index is 1.30. The van der Waals surface area contributed by atoms with Crippen molar-refractivity contribution < 1.29 is 19.2 Å². The Morgan fingerprint density at radius 2 is 1.91 bits per heavy atom. The van der Waals surface area contributed by atoms with Gasteiger partial charge in [-0.2, -0.15) is 0 Å². The molecule has 1 aromatic carbocycles. The van der Waals surface area contributed by atoms with Crippen LogP contribution in [0.4, 0.5) is 0 Å². The molecule has 4 aliphatic heterocycles. The van der Waals surface area contributed by atoms with Gasteiger partial charge in [0.05, 0.1) is 6.54 Å². The van der Waals surface area contributed by atoms with E-state index in [-0.39, 0.29) is 36.1 Å².